The fourth-order valence-electron chi connectivity index (χ4n) is 1.62. The highest BCUT2D eigenvalue weighted by Gasteiger charge is 2.16. The van der Waals surface area contributed by atoms with Gasteiger partial charge < -0.3 is 5.32 Å². The molecule has 2 rings (SSSR count). The van der Waals surface area contributed by atoms with Crippen molar-refractivity contribution in [1.29, 1.82) is 0 Å². The van der Waals surface area contributed by atoms with Crippen LogP contribution in [0.3, 0.4) is 0 Å². The van der Waals surface area contributed by atoms with Crippen LogP contribution in [0.15, 0.2) is 61.6 Å². The molecule has 2 aromatic heterocycles. The van der Waals surface area contributed by atoms with Crippen LogP contribution in [0, 0.1) is 0 Å². The number of carbonyl (C=O) groups excluding carboxylic acids is 1. The Morgan fingerprint density at radius 2 is 2.17 bits per heavy atom. The number of hydrogen-bond acceptors (Lipinski definition) is 3. The van der Waals surface area contributed by atoms with Crippen LogP contribution in [0.5, 0.6) is 0 Å². The maximum Gasteiger partial charge on any atom is 0.244 e. The zero-order valence-corrected chi connectivity index (χ0v) is 9.78. The van der Waals surface area contributed by atoms with Gasteiger partial charge in [0.25, 0.3) is 0 Å². The lowest BCUT2D eigenvalue weighted by molar-refractivity contribution is -0.117. The normalized spacial score (nSPS) is 11.6. The minimum Gasteiger partial charge on any atom is -0.340 e. The van der Waals surface area contributed by atoms with E-state index in [9.17, 15) is 4.79 Å². The van der Waals surface area contributed by atoms with Gasteiger partial charge in [-0.1, -0.05) is 18.7 Å². The third kappa shape index (κ3) is 2.79. The lowest BCUT2D eigenvalue weighted by Crippen LogP contribution is -2.28. The van der Waals surface area contributed by atoms with E-state index in [-0.39, 0.29) is 11.9 Å². The summed E-state index contributed by atoms with van der Waals surface area (Å²) in [5, 5.41) is 2.84. The third-order valence-corrected chi connectivity index (χ3v) is 2.47. The lowest BCUT2D eigenvalue weighted by atomic mass is 10.1. The molecule has 18 heavy (non-hydrogen) atoms. The summed E-state index contributed by atoms with van der Waals surface area (Å²) in [6.45, 7) is 3.45. The van der Waals surface area contributed by atoms with E-state index in [1.54, 1.807) is 18.6 Å². The van der Waals surface area contributed by atoms with Gasteiger partial charge in [0.15, 0.2) is 0 Å². The van der Waals surface area contributed by atoms with E-state index in [0.29, 0.717) is 0 Å². The van der Waals surface area contributed by atoms with Crippen LogP contribution < -0.4 is 5.32 Å². The maximum atomic E-state index is 11.5. The Balaban J connectivity index is 2.35. The van der Waals surface area contributed by atoms with Gasteiger partial charge >= 0.3 is 0 Å². The summed E-state index contributed by atoms with van der Waals surface area (Å²) in [7, 11) is 0. The Bertz CT molecular complexity index is 486. The molecule has 0 aromatic carbocycles. The molecule has 0 aliphatic heterocycles. The highest BCUT2D eigenvalue weighted by molar-refractivity contribution is 5.87. The molecule has 0 bridgehead atoms. The number of nitrogens with zero attached hydrogens (tertiary/aromatic N) is 2. The summed E-state index contributed by atoms with van der Waals surface area (Å²) in [4.78, 5) is 19.8. The zero-order chi connectivity index (χ0) is 12.8. The number of nitrogens with one attached hydrogen (secondary N) is 1. The zero-order valence-electron chi connectivity index (χ0n) is 9.78. The summed E-state index contributed by atoms with van der Waals surface area (Å²) in [5.41, 5.74) is 1.65. The predicted molar refractivity (Wildman–Crippen MR) is 68.7 cm³/mol. The van der Waals surface area contributed by atoms with Crippen molar-refractivity contribution >= 4 is 5.91 Å². The molecule has 4 nitrogen and oxygen atoms in total. The molecule has 1 atom stereocenters. The van der Waals surface area contributed by atoms with E-state index < -0.39 is 0 Å². The van der Waals surface area contributed by atoms with E-state index >= 15 is 0 Å². The lowest BCUT2D eigenvalue weighted by Gasteiger charge is -2.17. The van der Waals surface area contributed by atoms with Crippen LogP contribution in [0.4, 0.5) is 0 Å². The van der Waals surface area contributed by atoms with Crippen molar-refractivity contribution in [2.45, 2.75) is 6.04 Å². The minimum absolute atomic E-state index is 0.241. The molecule has 0 fully saturated rings. The average Bonchev–Trinajstić information content (AvgIpc) is 2.46. The van der Waals surface area contributed by atoms with Crippen LogP contribution in [0.25, 0.3) is 0 Å². The van der Waals surface area contributed by atoms with Crippen molar-refractivity contribution in [2.24, 2.45) is 0 Å². The van der Waals surface area contributed by atoms with Crippen molar-refractivity contribution in [1.82, 2.24) is 15.3 Å². The number of pyridine rings is 2. The summed E-state index contributed by atoms with van der Waals surface area (Å²) >= 11 is 0. The van der Waals surface area contributed by atoms with Gasteiger partial charge in [0.1, 0.15) is 0 Å². The van der Waals surface area contributed by atoms with Crippen LogP contribution >= 0.6 is 0 Å². The van der Waals surface area contributed by atoms with Crippen molar-refractivity contribution in [2.75, 3.05) is 0 Å². The Morgan fingerprint density at radius 3 is 2.78 bits per heavy atom. The molecule has 0 aliphatic rings. The minimum atomic E-state index is -0.314. The first-order chi connectivity index (χ1) is 8.81. The second kappa shape index (κ2) is 5.72. The molecule has 1 amide bonds. The number of carbonyl (C=O) groups is 1. The summed E-state index contributed by atoms with van der Waals surface area (Å²) in [6, 6.07) is 8.98. The fourth-order valence-corrected chi connectivity index (χ4v) is 1.62. The monoisotopic (exact) mass is 239 g/mol. The average molecular weight is 239 g/mol. The molecule has 2 aromatic rings. The maximum absolute atomic E-state index is 11.5. The van der Waals surface area contributed by atoms with Gasteiger partial charge in [-0.05, 0) is 29.8 Å². The molecule has 90 valence electrons. The van der Waals surface area contributed by atoms with Gasteiger partial charge in [0.2, 0.25) is 5.91 Å². The van der Waals surface area contributed by atoms with Crippen molar-refractivity contribution in [3.8, 4) is 0 Å². The molecule has 4 heteroatoms. The van der Waals surface area contributed by atoms with Crippen molar-refractivity contribution in [3.05, 3.63) is 72.8 Å². The van der Waals surface area contributed by atoms with Gasteiger partial charge in [-0.2, -0.15) is 0 Å². The first kappa shape index (κ1) is 12.0. The number of rotatable bonds is 4. The van der Waals surface area contributed by atoms with Gasteiger partial charge in [-0.25, -0.2) is 0 Å². The summed E-state index contributed by atoms with van der Waals surface area (Å²) in [5.74, 6) is -0.241. The summed E-state index contributed by atoms with van der Waals surface area (Å²) in [6.07, 6.45) is 6.34. The SMILES string of the molecule is C=CC(=O)NC(c1cccnc1)c1ccccn1. The molecule has 0 radical (unpaired) electrons. The second-order valence-corrected chi connectivity index (χ2v) is 3.69. The standard InChI is InChI=1S/C14H13N3O/c1-2-13(18)17-14(11-6-5-8-15-10-11)12-7-3-4-9-16-12/h2-10,14H,1H2,(H,17,18). The molecule has 0 aliphatic carbocycles. The Morgan fingerprint density at radius 1 is 1.28 bits per heavy atom. The highest BCUT2D eigenvalue weighted by atomic mass is 16.1. The molecular formula is C14H13N3O. The third-order valence-electron chi connectivity index (χ3n) is 2.47. The van der Waals surface area contributed by atoms with Crippen LogP contribution in [-0.2, 0) is 4.79 Å². The first-order valence-electron chi connectivity index (χ1n) is 5.55. The predicted octanol–water partition coefficient (Wildman–Crippen LogP) is 1.87. The van der Waals surface area contributed by atoms with E-state index in [1.807, 2.05) is 30.3 Å². The molecule has 2 heterocycles. The van der Waals surface area contributed by atoms with Gasteiger partial charge in [0.05, 0.1) is 11.7 Å². The fraction of sp³-hybridized carbons (Fsp3) is 0.0714. The Kier molecular flexibility index (Phi) is 3.81. The molecular weight excluding hydrogens is 226 g/mol. The Labute approximate surface area is 105 Å². The first-order valence-corrected chi connectivity index (χ1v) is 5.55. The second-order valence-electron chi connectivity index (χ2n) is 3.69. The molecule has 1 N–H and O–H groups in total. The molecule has 0 spiro atoms. The van der Waals surface area contributed by atoms with E-state index in [4.69, 9.17) is 0 Å². The number of aromatic nitrogens is 2. The van der Waals surface area contributed by atoms with E-state index in [0.717, 1.165) is 11.3 Å². The summed E-state index contributed by atoms with van der Waals surface area (Å²) < 4.78 is 0. The Hall–Kier alpha value is -2.49. The van der Waals surface area contributed by atoms with E-state index in [2.05, 4.69) is 21.9 Å². The topological polar surface area (TPSA) is 54.9 Å². The van der Waals surface area contributed by atoms with E-state index in [1.165, 1.54) is 6.08 Å². The molecule has 1 unspecified atom stereocenters. The molecule has 0 saturated carbocycles. The van der Waals surface area contributed by atoms with Crippen LogP contribution in [-0.4, -0.2) is 15.9 Å². The van der Waals surface area contributed by atoms with Crippen LogP contribution in [0.1, 0.15) is 17.3 Å². The largest absolute Gasteiger partial charge is 0.340 e. The quantitative estimate of drug-likeness (QED) is 0.829. The van der Waals surface area contributed by atoms with Gasteiger partial charge in [0, 0.05) is 18.6 Å². The van der Waals surface area contributed by atoms with Gasteiger partial charge in [-0.15, -0.1) is 0 Å². The van der Waals surface area contributed by atoms with Gasteiger partial charge in [-0.3, -0.25) is 14.8 Å². The number of amides is 1. The number of hydrogen-bond donors (Lipinski definition) is 1. The van der Waals surface area contributed by atoms with Crippen LogP contribution in [0.2, 0.25) is 0 Å². The van der Waals surface area contributed by atoms with Crippen molar-refractivity contribution < 1.29 is 4.79 Å². The highest BCUT2D eigenvalue weighted by Crippen LogP contribution is 2.18. The smallest absolute Gasteiger partial charge is 0.244 e. The molecule has 0 saturated heterocycles. The van der Waals surface area contributed by atoms with Crippen molar-refractivity contribution in [3.63, 3.8) is 0 Å².